The van der Waals surface area contributed by atoms with Crippen LogP contribution in [0, 0.1) is 0 Å². The maximum absolute atomic E-state index is 11.9. The van der Waals surface area contributed by atoms with Gasteiger partial charge in [0, 0.05) is 16.6 Å². The first-order chi connectivity index (χ1) is 10.2. The van der Waals surface area contributed by atoms with E-state index in [0.29, 0.717) is 6.54 Å². The molecule has 0 aliphatic heterocycles. The molecule has 5 nitrogen and oxygen atoms in total. The summed E-state index contributed by atoms with van der Waals surface area (Å²) in [4.78, 5) is 29.1. The lowest BCUT2D eigenvalue weighted by molar-refractivity contribution is -0.121. The molecule has 0 unspecified atom stereocenters. The zero-order valence-corrected chi connectivity index (χ0v) is 12.9. The smallest absolute Gasteiger partial charge is 0.253 e. The SMILES string of the molecule is CCCCc1cc(=O)n(CC(=O)NCc2cccs2)cn1. The van der Waals surface area contributed by atoms with Crippen LogP contribution < -0.4 is 10.9 Å². The molecule has 21 heavy (non-hydrogen) atoms. The summed E-state index contributed by atoms with van der Waals surface area (Å²) in [5.41, 5.74) is 0.611. The molecule has 2 heterocycles. The second-order valence-corrected chi connectivity index (χ2v) is 5.84. The minimum absolute atomic E-state index is 0.00522. The van der Waals surface area contributed by atoms with Crippen molar-refractivity contribution in [1.29, 1.82) is 0 Å². The van der Waals surface area contributed by atoms with Crippen LogP contribution in [-0.2, 0) is 24.3 Å². The number of amides is 1. The Hall–Kier alpha value is -1.95. The molecule has 0 fully saturated rings. The molecule has 0 atom stereocenters. The standard InChI is InChI=1S/C15H19N3O2S/c1-2-3-5-12-8-15(20)18(11-17-12)10-14(19)16-9-13-6-4-7-21-13/h4,6-8,11H,2-3,5,9-10H2,1H3,(H,16,19). The van der Waals surface area contributed by atoms with Crippen molar-refractivity contribution in [2.24, 2.45) is 0 Å². The van der Waals surface area contributed by atoms with Crippen molar-refractivity contribution < 1.29 is 4.79 Å². The summed E-state index contributed by atoms with van der Waals surface area (Å²) in [7, 11) is 0. The summed E-state index contributed by atoms with van der Waals surface area (Å²) in [5, 5.41) is 4.76. The highest BCUT2D eigenvalue weighted by Crippen LogP contribution is 2.07. The van der Waals surface area contributed by atoms with Gasteiger partial charge < -0.3 is 5.32 Å². The minimum atomic E-state index is -0.186. The number of rotatable bonds is 7. The Morgan fingerprint density at radius 3 is 3.00 bits per heavy atom. The van der Waals surface area contributed by atoms with E-state index in [9.17, 15) is 9.59 Å². The van der Waals surface area contributed by atoms with Gasteiger partial charge >= 0.3 is 0 Å². The molecule has 0 saturated heterocycles. The number of hydrogen-bond acceptors (Lipinski definition) is 4. The fourth-order valence-electron chi connectivity index (χ4n) is 1.89. The highest BCUT2D eigenvalue weighted by Gasteiger charge is 2.06. The highest BCUT2D eigenvalue weighted by molar-refractivity contribution is 7.09. The predicted molar refractivity (Wildman–Crippen MR) is 83.3 cm³/mol. The van der Waals surface area contributed by atoms with Gasteiger partial charge in [-0.05, 0) is 24.3 Å². The lowest BCUT2D eigenvalue weighted by Crippen LogP contribution is -2.32. The van der Waals surface area contributed by atoms with Gasteiger partial charge in [-0.15, -0.1) is 11.3 Å². The fourth-order valence-corrected chi connectivity index (χ4v) is 2.53. The number of carbonyl (C=O) groups is 1. The summed E-state index contributed by atoms with van der Waals surface area (Å²) in [6, 6.07) is 5.42. The number of nitrogens with one attached hydrogen (secondary N) is 1. The van der Waals surface area contributed by atoms with Crippen molar-refractivity contribution in [3.8, 4) is 0 Å². The van der Waals surface area contributed by atoms with E-state index in [1.54, 1.807) is 11.3 Å². The van der Waals surface area contributed by atoms with Crippen LogP contribution in [0.25, 0.3) is 0 Å². The van der Waals surface area contributed by atoms with Crippen molar-refractivity contribution in [2.45, 2.75) is 39.3 Å². The van der Waals surface area contributed by atoms with Gasteiger partial charge in [-0.1, -0.05) is 19.4 Å². The second-order valence-electron chi connectivity index (χ2n) is 4.81. The molecule has 0 bridgehead atoms. The van der Waals surface area contributed by atoms with E-state index in [1.165, 1.54) is 17.0 Å². The van der Waals surface area contributed by atoms with Crippen molar-refractivity contribution in [2.75, 3.05) is 0 Å². The van der Waals surface area contributed by atoms with Crippen LogP contribution in [0.5, 0.6) is 0 Å². The van der Waals surface area contributed by atoms with E-state index >= 15 is 0 Å². The third-order valence-corrected chi connectivity index (χ3v) is 3.95. The lowest BCUT2D eigenvalue weighted by Gasteiger charge is -2.07. The van der Waals surface area contributed by atoms with Gasteiger partial charge in [-0.3, -0.25) is 14.2 Å². The minimum Gasteiger partial charge on any atom is -0.350 e. The number of carbonyl (C=O) groups excluding carboxylic acids is 1. The zero-order valence-electron chi connectivity index (χ0n) is 12.0. The van der Waals surface area contributed by atoms with Gasteiger partial charge in [0.05, 0.1) is 12.9 Å². The summed E-state index contributed by atoms with van der Waals surface area (Å²) < 4.78 is 1.33. The average Bonchev–Trinajstić information content (AvgIpc) is 2.99. The van der Waals surface area contributed by atoms with Gasteiger partial charge in [0.1, 0.15) is 6.54 Å². The molecule has 2 aromatic rings. The Kier molecular flexibility index (Phi) is 5.68. The maximum Gasteiger partial charge on any atom is 0.253 e. The molecule has 0 aliphatic rings. The van der Waals surface area contributed by atoms with E-state index in [0.717, 1.165) is 29.8 Å². The number of nitrogens with zero attached hydrogens (tertiary/aromatic N) is 2. The van der Waals surface area contributed by atoms with E-state index in [4.69, 9.17) is 0 Å². The lowest BCUT2D eigenvalue weighted by atomic mass is 10.2. The maximum atomic E-state index is 11.9. The topological polar surface area (TPSA) is 64.0 Å². The fraction of sp³-hybridized carbons (Fsp3) is 0.400. The summed E-state index contributed by atoms with van der Waals surface area (Å²) in [6.45, 7) is 2.59. The zero-order chi connectivity index (χ0) is 15.1. The Labute approximate surface area is 127 Å². The van der Waals surface area contributed by atoms with Gasteiger partial charge in [0.25, 0.3) is 5.56 Å². The monoisotopic (exact) mass is 305 g/mol. The Morgan fingerprint density at radius 2 is 2.33 bits per heavy atom. The molecule has 1 amide bonds. The number of unbranched alkanes of at least 4 members (excludes halogenated alkanes) is 1. The number of aromatic nitrogens is 2. The van der Waals surface area contributed by atoms with Gasteiger partial charge in [0.2, 0.25) is 5.91 Å². The number of thiophene rings is 1. The van der Waals surface area contributed by atoms with E-state index in [2.05, 4.69) is 17.2 Å². The Morgan fingerprint density at radius 1 is 1.48 bits per heavy atom. The molecule has 0 radical (unpaired) electrons. The molecule has 1 N–H and O–H groups in total. The quantitative estimate of drug-likeness (QED) is 0.850. The van der Waals surface area contributed by atoms with E-state index in [-0.39, 0.29) is 18.0 Å². The first-order valence-electron chi connectivity index (χ1n) is 7.03. The average molecular weight is 305 g/mol. The van der Waals surface area contributed by atoms with Gasteiger partial charge in [-0.2, -0.15) is 0 Å². The molecule has 2 rings (SSSR count). The van der Waals surface area contributed by atoms with Crippen LogP contribution in [0.2, 0.25) is 0 Å². The van der Waals surface area contributed by atoms with Crippen LogP contribution in [0.3, 0.4) is 0 Å². The Bertz CT molecular complexity index is 635. The first kappa shape index (κ1) is 15.4. The van der Waals surface area contributed by atoms with Gasteiger partial charge in [-0.25, -0.2) is 4.98 Å². The molecule has 0 spiro atoms. The molecule has 0 aliphatic carbocycles. The van der Waals surface area contributed by atoms with Crippen LogP contribution in [0.1, 0.15) is 30.3 Å². The first-order valence-corrected chi connectivity index (χ1v) is 7.91. The molecule has 2 aromatic heterocycles. The molecular formula is C15H19N3O2S. The predicted octanol–water partition coefficient (Wildman–Crippen LogP) is 1.96. The molecule has 112 valence electrons. The molecular weight excluding hydrogens is 286 g/mol. The van der Waals surface area contributed by atoms with Gasteiger partial charge in [0.15, 0.2) is 0 Å². The molecule has 0 saturated carbocycles. The van der Waals surface area contributed by atoms with Crippen molar-refractivity contribution in [3.63, 3.8) is 0 Å². The second kappa shape index (κ2) is 7.73. The normalized spacial score (nSPS) is 10.5. The summed E-state index contributed by atoms with van der Waals surface area (Å²) in [5.74, 6) is -0.186. The van der Waals surface area contributed by atoms with E-state index < -0.39 is 0 Å². The van der Waals surface area contributed by atoms with Crippen LogP contribution >= 0.6 is 11.3 Å². The van der Waals surface area contributed by atoms with Crippen molar-refractivity contribution >= 4 is 17.2 Å². The molecule has 6 heteroatoms. The number of aryl methyl sites for hydroxylation is 1. The largest absolute Gasteiger partial charge is 0.350 e. The highest BCUT2D eigenvalue weighted by atomic mass is 32.1. The molecule has 0 aromatic carbocycles. The third kappa shape index (κ3) is 4.82. The van der Waals surface area contributed by atoms with Crippen molar-refractivity contribution in [1.82, 2.24) is 14.9 Å². The van der Waals surface area contributed by atoms with Crippen LogP contribution in [-0.4, -0.2) is 15.5 Å². The Balaban J connectivity index is 1.89. The van der Waals surface area contributed by atoms with Crippen molar-refractivity contribution in [3.05, 3.63) is 50.8 Å². The summed E-state index contributed by atoms with van der Waals surface area (Å²) >= 11 is 1.59. The number of hydrogen-bond donors (Lipinski definition) is 1. The summed E-state index contributed by atoms with van der Waals surface area (Å²) in [6.07, 6.45) is 4.34. The third-order valence-electron chi connectivity index (χ3n) is 3.08. The van der Waals surface area contributed by atoms with Crippen LogP contribution in [0.15, 0.2) is 34.7 Å². The van der Waals surface area contributed by atoms with E-state index in [1.807, 2.05) is 17.5 Å². The van der Waals surface area contributed by atoms with Crippen LogP contribution in [0.4, 0.5) is 0 Å².